The van der Waals surface area contributed by atoms with Crippen molar-refractivity contribution in [3.8, 4) is 0 Å². The fraction of sp³-hybridized carbons (Fsp3) is 0.706. The Kier molecular flexibility index (Phi) is 5.32. The molecular weight excluding hydrogens is 262 g/mol. The Morgan fingerprint density at radius 2 is 2.14 bits per heavy atom. The lowest BCUT2D eigenvalue weighted by Gasteiger charge is -2.22. The third kappa shape index (κ3) is 3.80. The standard InChI is InChI=1S/C17H29N3O/c1-4-8-20-12-15(18)11-16(20)17(21)19-9-5-6-14(7-10-19)13(2)3/h11-14H,4-10,18H2,1-3H3. The summed E-state index contributed by atoms with van der Waals surface area (Å²) in [7, 11) is 0. The second-order valence-corrected chi connectivity index (χ2v) is 6.58. The number of anilines is 1. The molecule has 2 rings (SSSR count). The molecule has 0 radical (unpaired) electrons. The lowest BCUT2D eigenvalue weighted by Crippen LogP contribution is -2.33. The minimum Gasteiger partial charge on any atom is -0.397 e. The second kappa shape index (κ2) is 7.01. The van der Waals surface area contributed by atoms with Gasteiger partial charge >= 0.3 is 0 Å². The van der Waals surface area contributed by atoms with Crippen molar-refractivity contribution in [1.82, 2.24) is 9.47 Å². The maximum atomic E-state index is 12.8. The summed E-state index contributed by atoms with van der Waals surface area (Å²) in [5, 5.41) is 0. The highest BCUT2D eigenvalue weighted by molar-refractivity contribution is 5.93. The van der Waals surface area contributed by atoms with E-state index in [1.165, 1.54) is 6.42 Å². The van der Waals surface area contributed by atoms with E-state index in [4.69, 9.17) is 5.73 Å². The fourth-order valence-corrected chi connectivity index (χ4v) is 3.29. The lowest BCUT2D eigenvalue weighted by molar-refractivity contribution is 0.0748. The van der Waals surface area contributed by atoms with E-state index in [1.807, 2.05) is 21.7 Å². The van der Waals surface area contributed by atoms with Gasteiger partial charge in [-0.05, 0) is 43.6 Å². The second-order valence-electron chi connectivity index (χ2n) is 6.58. The van der Waals surface area contributed by atoms with Crippen molar-refractivity contribution in [3.05, 3.63) is 18.0 Å². The predicted octanol–water partition coefficient (Wildman–Crippen LogP) is 3.38. The van der Waals surface area contributed by atoms with E-state index >= 15 is 0 Å². The first-order chi connectivity index (χ1) is 10.0. The van der Waals surface area contributed by atoms with Crippen LogP contribution in [0.3, 0.4) is 0 Å². The Morgan fingerprint density at radius 1 is 1.38 bits per heavy atom. The van der Waals surface area contributed by atoms with Crippen LogP contribution < -0.4 is 5.73 Å². The number of nitrogens with zero attached hydrogens (tertiary/aromatic N) is 2. The molecule has 4 nitrogen and oxygen atoms in total. The molecule has 1 amide bonds. The number of nitrogen functional groups attached to an aromatic ring is 1. The molecular formula is C17H29N3O. The molecule has 2 heterocycles. The Balaban J connectivity index is 2.09. The van der Waals surface area contributed by atoms with Crippen LogP contribution in [-0.4, -0.2) is 28.5 Å². The highest BCUT2D eigenvalue weighted by Gasteiger charge is 2.24. The van der Waals surface area contributed by atoms with E-state index < -0.39 is 0 Å². The molecule has 4 heteroatoms. The molecule has 1 atom stereocenters. The number of hydrogen-bond donors (Lipinski definition) is 1. The number of hydrogen-bond acceptors (Lipinski definition) is 2. The summed E-state index contributed by atoms with van der Waals surface area (Å²) in [4.78, 5) is 14.8. The van der Waals surface area contributed by atoms with Crippen LogP contribution in [0.4, 0.5) is 5.69 Å². The van der Waals surface area contributed by atoms with Gasteiger partial charge in [0.25, 0.3) is 5.91 Å². The molecule has 1 aliphatic rings. The molecule has 0 bridgehead atoms. The third-order valence-corrected chi connectivity index (χ3v) is 4.60. The maximum absolute atomic E-state index is 12.8. The molecule has 1 aromatic heterocycles. The van der Waals surface area contributed by atoms with Gasteiger partial charge in [0.05, 0.1) is 5.69 Å². The molecule has 0 aromatic carbocycles. The van der Waals surface area contributed by atoms with Crippen LogP contribution in [0.25, 0.3) is 0 Å². The van der Waals surface area contributed by atoms with Crippen molar-refractivity contribution in [2.45, 2.75) is 53.0 Å². The minimum atomic E-state index is 0.143. The van der Waals surface area contributed by atoms with Crippen LogP contribution in [0.1, 0.15) is 56.9 Å². The molecule has 118 valence electrons. The molecule has 1 fully saturated rings. The van der Waals surface area contributed by atoms with Crippen LogP contribution in [0.2, 0.25) is 0 Å². The van der Waals surface area contributed by atoms with E-state index in [1.54, 1.807) is 0 Å². The van der Waals surface area contributed by atoms with Crippen LogP contribution in [-0.2, 0) is 6.54 Å². The quantitative estimate of drug-likeness (QED) is 0.924. The van der Waals surface area contributed by atoms with Crippen LogP contribution in [0.15, 0.2) is 12.3 Å². The zero-order chi connectivity index (χ0) is 15.4. The van der Waals surface area contributed by atoms with E-state index in [-0.39, 0.29) is 5.91 Å². The van der Waals surface area contributed by atoms with Gasteiger partial charge in [-0.1, -0.05) is 20.8 Å². The van der Waals surface area contributed by atoms with Crippen molar-refractivity contribution in [2.24, 2.45) is 11.8 Å². The van der Waals surface area contributed by atoms with Gasteiger partial charge in [0.1, 0.15) is 5.69 Å². The van der Waals surface area contributed by atoms with Gasteiger partial charge in [-0.25, -0.2) is 0 Å². The summed E-state index contributed by atoms with van der Waals surface area (Å²) in [6.45, 7) is 9.28. The first-order valence-corrected chi connectivity index (χ1v) is 8.27. The van der Waals surface area contributed by atoms with Crippen molar-refractivity contribution in [3.63, 3.8) is 0 Å². The van der Waals surface area contributed by atoms with Crippen molar-refractivity contribution in [1.29, 1.82) is 0 Å². The number of rotatable bonds is 4. The molecule has 0 spiro atoms. The third-order valence-electron chi connectivity index (χ3n) is 4.60. The predicted molar refractivity (Wildman–Crippen MR) is 87.2 cm³/mol. The largest absolute Gasteiger partial charge is 0.397 e. The van der Waals surface area contributed by atoms with Gasteiger partial charge in [-0.3, -0.25) is 4.79 Å². The Bertz CT molecular complexity index is 478. The fourth-order valence-electron chi connectivity index (χ4n) is 3.29. The molecule has 1 aromatic rings. The van der Waals surface area contributed by atoms with Crippen LogP contribution >= 0.6 is 0 Å². The number of aryl methyl sites for hydroxylation is 1. The normalized spacial score (nSPS) is 19.8. The monoisotopic (exact) mass is 291 g/mol. The van der Waals surface area contributed by atoms with Crippen LogP contribution in [0.5, 0.6) is 0 Å². The smallest absolute Gasteiger partial charge is 0.270 e. The molecule has 21 heavy (non-hydrogen) atoms. The number of aromatic nitrogens is 1. The van der Waals surface area contributed by atoms with E-state index in [2.05, 4.69) is 20.8 Å². The van der Waals surface area contributed by atoms with Crippen molar-refractivity contribution in [2.75, 3.05) is 18.8 Å². The first-order valence-electron chi connectivity index (χ1n) is 8.27. The zero-order valence-corrected chi connectivity index (χ0v) is 13.6. The SMILES string of the molecule is CCCn1cc(N)cc1C(=O)N1CCCC(C(C)C)CC1. The zero-order valence-electron chi connectivity index (χ0n) is 13.6. The van der Waals surface area contributed by atoms with E-state index in [9.17, 15) is 4.79 Å². The first kappa shape index (κ1) is 15.9. The van der Waals surface area contributed by atoms with Gasteiger partial charge in [0.2, 0.25) is 0 Å². The summed E-state index contributed by atoms with van der Waals surface area (Å²) < 4.78 is 2.00. The van der Waals surface area contributed by atoms with Gasteiger partial charge < -0.3 is 15.2 Å². The number of carbonyl (C=O) groups excluding carboxylic acids is 1. The van der Waals surface area contributed by atoms with Gasteiger partial charge in [-0.15, -0.1) is 0 Å². The minimum absolute atomic E-state index is 0.143. The lowest BCUT2D eigenvalue weighted by atomic mass is 9.89. The van der Waals surface area contributed by atoms with E-state index in [0.29, 0.717) is 11.6 Å². The topological polar surface area (TPSA) is 51.3 Å². The summed E-state index contributed by atoms with van der Waals surface area (Å²) >= 11 is 0. The molecule has 0 aliphatic carbocycles. The maximum Gasteiger partial charge on any atom is 0.270 e. The summed E-state index contributed by atoms with van der Waals surface area (Å²) in [5.41, 5.74) is 7.31. The number of carbonyl (C=O) groups is 1. The van der Waals surface area contributed by atoms with Gasteiger partial charge in [-0.2, -0.15) is 0 Å². The van der Waals surface area contributed by atoms with Crippen molar-refractivity contribution >= 4 is 11.6 Å². The molecule has 0 saturated carbocycles. The van der Waals surface area contributed by atoms with E-state index in [0.717, 1.165) is 50.5 Å². The highest BCUT2D eigenvalue weighted by Crippen LogP contribution is 2.25. The van der Waals surface area contributed by atoms with Gasteiger partial charge in [0, 0.05) is 25.8 Å². The highest BCUT2D eigenvalue weighted by atomic mass is 16.2. The van der Waals surface area contributed by atoms with Gasteiger partial charge in [0.15, 0.2) is 0 Å². The Morgan fingerprint density at radius 3 is 2.81 bits per heavy atom. The van der Waals surface area contributed by atoms with Crippen molar-refractivity contribution < 1.29 is 4.79 Å². The van der Waals surface area contributed by atoms with Crippen LogP contribution in [0, 0.1) is 11.8 Å². The average molecular weight is 291 g/mol. The Labute approximate surface area is 128 Å². The average Bonchev–Trinajstić information content (AvgIpc) is 2.65. The molecule has 1 unspecified atom stereocenters. The number of amides is 1. The Hall–Kier alpha value is -1.45. The number of nitrogens with two attached hydrogens (primary N) is 1. The molecule has 1 saturated heterocycles. The summed E-state index contributed by atoms with van der Waals surface area (Å²) in [5.74, 6) is 1.60. The molecule has 1 aliphatic heterocycles. The summed E-state index contributed by atoms with van der Waals surface area (Å²) in [6.07, 6.45) is 6.35. The summed E-state index contributed by atoms with van der Waals surface area (Å²) in [6, 6.07) is 1.82. The molecule has 2 N–H and O–H groups in total. The number of likely N-dealkylation sites (tertiary alicyclic amines) is 1.